The molecule has 0 saturated carbocycles. The number of furan rings is 1. The number of benzene rings is 2. The number of likely N-dealkylation sites (N-methyl/N-ethyl adjacent to an activating group) is 1. The van der Waals surface area contributed by atoms with Crippen LogP contribution in [0.5, 0.6) is 0 Å². The van der Waals surface area contributed by atoms with Crippen molar-refractivity contribution in [3.05, 3.63) is 81.0 Å². The van der Waals surface area contributed by atoms with Gasteiger partial charge >= 0.3 is 12.0 Å². The van der Waals surface area contributed by atoms with Gasteiger partial charge in [-0.25, -0.2) is 22.9 Å². The van der Waals surface area contributed by atoms with E-state index >= 15 is 0 Å². The summed E-state index contributed by atoms with van der Waals surface area (Å²) >= 11 is 12.3. The van der Waals surface area contributed by atoms with Crippen molar-refractivity contribution in [2.45, 2.75) is 30.4 Å². The van der Waals surface area contributed by atoms with Gasteiger partial charge in [0.1, 0.15) is 16.9 Å². The molecule has 1 spiro atoms. The molecule has 3 aromatic rings. The Hall–Kier alpha value is -3.89. The van der Waals surface area contributed by atoms with E-state index in [1.165, 1.54) is 37.1 Å². The highest BCUT2D eigenvalue weighted by Crippen LogP contribution is 2.48. The molecule has 3 amide bonds. The molecule has 2 atom stereocenters. The monoisotopic (exact) mass is 630 g/mol. The maximum atomic E-state index is 14.3. The summed E-state index contributed by atoms with van der Waals surface area (Å²) in [4.78, 5) is 42.5. The van der Waals surface area contributed by atoms with Gasteiger partial charge in [0.2, 0.25) is 5.09 Å². The first-order valence-electron chi connectivity index (χ1n) is 12.7. The first kappa shape index (κ1) is 29.6. The molecule has 2 saturated heterocycles. The van der Waals surface area contributed by atoms with Crippen molar-refractivity contribution in [1.29, 1.82) is 5.26 Å². The molecule has 0 radical (unpaired) electrons. The van der Waals surface area contributed by atoms with Crippen LogP contribution in [0.25, 0.3) is 0 Å². The summed E-state index contributed by atoms with van der Waals surface area (Å²) in [7, 11) is -2.98. The lowest BCUT2D eigenvalue weighted by Crippen LogP contribution is -2.54. The van der Waals surface area contributed by atoms with Gasteiger partial charge in [-0.15, -0.1) is 0 Å². The van der Waals surface area contributed by atoms with Crippen LogP contribution in [0.2, 0.25) is 10.0 Å². The third-order valence-electron chi connectivity index (χ3n) is 7.56. The molecule has 0 aliphatic carbocycles. The second-order valence-corrected chi connectivity index (χ2v) is 12.6. The number of aryl methyl sites for hydroxylation is 1. The van der Waals surface area contributed by atoms with Crippen LogP contribution in [-0.2, 0) is 19.6 Å². The first-order chi connectivity index (χ1) is 19.8. The molecular weight excluding hydrogens is 607 g/mol. The topological polar surface area (TPSA) is 141 Å². The van der Waals surface area contributed by atoms with Crippen molar-refractivity contribution in [3.63, 3.8) is 0 Å². The highest BCUT2D eigenvalue weighted by molar-refractivity contribution is 7.89. The van der Waals surface area contributed by atoms with Crippen molar-refractivity contribution in [2.24, 2.45) is 0 Å². The molecular formula is C28H24Cl2N4O7S. The predicted molar refractivity (Wildman–Crippen MR) is 152 cm³/mol. The normalized spacial score (nSPS) is 20.9. The number of carbonyl (C=O) groups excluding carboxylic acids is 3. The summed E-state index contributed by atoms with van der Waals surface area (Å²) in [6, 6.07) is 13.1. The molecule has 42 heavy (non-hydrogen) atoms. The van der Waals surface area contributed by atoms with E-state index in [0.717, 1.165) is 15.3 Å². The Morgan fingerprint density at radius 3 is 2.38 bits per heavy atom. The van der Waals surface area contributed by atoms with Crippen LogP contribution < -0.4 is 4.90 Å². The number of hydrogen-bond acceptors (Lipinski definition) is 8. The number of imide groups is 1. The van der Waals surface area contributed by atoms with E-state index < -0.39 is 51.0 Å². The zero-order chi connectivity index (χ0) is 30.6. The lowest BCUT2D eigenvalue weighted by Gasteiger charge is -2.33. The van der Waals surface area contributed by atoms with Gasteiger partial charge in [-0.2, -0.15) is 9.57 Å². The van der Waals surface area contributed by atoms with Crippen LogP contribution in [-0.4, -0.2) is 67.8 Å². The van der Waals surface area contributed by atoms with Crippen molar-refractivity contribution >= 4 is 56.8 Å². The van der Waals surface area contributed by atoms with Gasteiger partial charge in [-0.1, -0.05) is 35.3 Å². The summed E-state index contributed by atoms with van der Waals surface area (Å²) in [5.41, 5.74) is -0.689. The van der Waals surface area contributed by atoms with Crippen molar-refractivity contribution in [1.82, 2.24) is 9.21 Å². The smallest absolute Gasteiger partial charge is 0.341 e. The van der Waals surface area contributed by atoms with Gasteiger partial charge in [0.05, 0.1) is 23.9 Å². The van der Waals surface area contributed by atoms with Gasteiger partial charge in [0.15, 0.2) is 0 Å². The standard InChI is InChI=1S/C28H24Cl2N4O7S/c1-4-40-25(35)22-12-24(41-16(22)2)42(38,39)33-14-23(18-7-5-17(13-31)6-8-18)28(15-33)26(36)34(27(37)32(28)3)21-10-19(29)9-20(30)11-21/h5-12,23H,4,14-15H2,1-3H3. The fourth-order valence-electron chi connectivity index (χ4n) is 5.47. The highest BCUT2D eigenvalue weighted by Gasteiger charge is 2.66. The largest absolute Gasteiger partial charge is 0.462 e. The molecule has 11 nitrogen and oxygen atoms in total. The average molecular weight is 631 g/mol. The summed E-state index contributed by atoms with van der Waals surface area (Å²) in [6.07, 6.45) is 0. The van der Waals surface area contributed by atoms with Crippen molar-refractivity contribution in [3.8, 4) is 6.07 Å². The SMILES string of the molecule is CCOC(=O)c1cc(S(=O)(=O)N2CC(c3ccc(C#N)cc3)C3(C2)C(=O)N(c2cc(Cl)cc(Cl)c2)C(=O)N3C)oc1C. The predicted octanol–water partition coefficient (Wildman–Crippen LogP) is 4.57. The quantitative estimate of drug-likeness (QED) is 0.285. The number of amides is 3. The lowest BCUT2D eigenvalue weighted by molar-refractivity contribution is -0.124. The summed E-state index contributed by atoms with van der Waals surface area (Å²) in [5, 5.41) is 9.18. The number of rotatable bonds is 6. The number of carbonyl (C=O) groups is 3. The number of anilines is 1. The van der Waals surface area contributed by atoms with Crippen LogP contribution >= 0.6 is 23.2 Å². The van der Waals surface area contributed by atoms with E-state index in [-0.39, 0.29) is 40.2 Å². The van der Waals surface area contributed by atoms with E-state index in [9.17, 15) is 28.1 Å². The third kappa shape index (κ3) is 4.62. The Morgan fingerprint density at radius 1 is 1.14 bits per heavy atom. The Labute approximate surface area is 251 Å². The number of urea groups is 1. The number of hydrogen-bond donors (Lipinski definition) is 0. The minimum Gasteiger partial charge on any atom is -0.462 e. The molecule has 14 heteroatoms. The fourth-order valence-corrected chi connectivity index (χ4v) is 7.45. The van der Waals surface area contributed by atoms with Crippen LogP contribution in [0.3, 0.4) is 0 Å². The second kappa shape index (κ2) is 10.7. The summed E-state index contributed by atoms with van der Waals surface area (Å²) in [6.45, 7) is 2.52. The Bertz CT molecular complexity index is 1750. The lowest BCUT2D eigenvalue weighted by atomic mass is 9.80. The molecule has 2 aliphatic heterocycles. The Morgan fingerprint density at radius 2 is 1.79 bits per heavy atom. The van der Waals surface area contributed by atoms with Gasteiger partial charge in [-0.05, 0) is 49.7 Å². The minimum absolute atomic E-state index is 0.0405. The maximum absolute atomic E-state index is 14.3. The number of halogens is 2. The van der Waals surface area contributed by atoms with E-state index in [2.05, 4.69) is 0 Å². The molecule has 5 rings (SSSR count). The Kier molecular flexibility index (Phi) is 7.57. The molecule has 3 heterocycles. The van der Waals surface area contributed by atoms with Gasteiger partial charge in [0.25, 0.3) is 15.9 Å². The fraction of sp³-hybridized carbons (Fsp3) is 0.286. The number of sulfonamides is 1. The highest BCUT2D eigenvalue weighted by atomic mass is 35.5. The van der Waals surface area contributed by atoms with Crippen LogP contribution in [0, 0.1) is 18.3 Å². The van der Waals surface area contributed by atoms with Crippen LogP contribution in [0.1, 0.15) is 40.1 Å². The van der Waals surface area contributed by atoms with Crippen molar-refractivity contribution in [2.75, 3.05) is 31.6 Å². The zero-order valence-electron chi connectivity index (χ0n) is 22.6. The van der Waals surface area contributed by atoms with Crippen LogP contribution in [0.4, 0.5) is 10.5 Å². The van der Waals surface area contributed by atoms with Crippen molar-refractivity contribution < 1.29 is 32.0 Å². The first-order valence-corrected chi connectivity index (χ1v) is 14.9. The Balaban J connectivity index is 1.62. The molecule has 0 N–H and O–H groups in total. The number of nitrogens with zero attached hydrogens (tertiary/aromatic N) is 4. The number of nitriles is 1. The maximum Gasteiger partial charge on any atom is 0.341 e. The number of ether oxygens (including phenoxy) is 1. The van der Waals surface area contributed by atoms with Gasteiger partial charge in [-0.3, -0.25) is 4.79 Å². The second-order valence-electron chi connectivity index (χ2n) is 9.87. The molecule has 1 aromatic heterocycles. The average Bonchev–Trinajstić information content (AvgIpc) is 3.60. The molecule has 2 aromatic carbocycles. The molecule has 2 unspecified atom stereocenters. The zero-order valence-corrected chi connectivity index (χ0v) is 25.0. The van der Waals surface area contributed by atoms with Crippen LogP contribution in [0.15, 0.2) is 58.0 Å². The van der Waals surface area contributed by atoms with Gasteiger partial charge in [0, 0.05) is 42.2 Å². The summed E-state index contributed by atoms with van der Waals surface area (Å²) < 4.78 is 39.4. The molecule has 0 bridgehead atoms. The third-order valence-corrected chi connectivity index (χ3v) is 9.67. The van der Waals surface area contributed by atoms with Gasteiger partial charge < -0.3 is 14.1 Å². The minimum atomic E-state index is -4.41. The molecule has 218 valence electrons. The van der Waals surface area contributed by atoms with E-state index in [0.29, 0.717) is 11.1 Å². The molecule has 2 aliphatic rings. The summed E-state index contributed by atoms with van der Waals surface area (Å²) in [5.74, 6) is -2.21. The number of esters is 1. The van der Waals surface area contributed by atoms with E-state index in [1.54, 1.807) is 31.2 Å². The van der Waals surface area contributed by atoms with E-state index in [1.807, 2.05) is 6.07 Å². The van der Waals surface area contributed by atoms with E-state index in [4.69, 9.17) is 32.4 Å². The molecule has 2 fully saturated rings.